The molecule has 3 aliphatic heterocycles. The van der Waals surface area contributed by atoms with E-state index in [-0.39, 0.29) is 0 Å². The number of aliphatic hydroxyl groups excluding tert-OH is 8. The molecule has 0 radical (unpaired) electrons. The lowest BCUT2D eigenvalue weighted by atomic mass is 9.97. The Hall–Kier alpha value is -0.700. The molecule has 14 nitrogen and oxygen atoms in total. The predicted molar refractivity (Wildman–Crippen MR) is 104 cm³/mol. The molecule has 0 saturated carbocycles. The maximum atomic E-state index is 14.5. The van der Waals surface area contributed by atoms with Gasteiger partial charge in [-0.1, -0.05) is 0 Å². The maximum absolute atomic E-state index is 14.5. The molecule has 0 aromatic heterocycles. The third-order valence-corrected chi connectivity index (χ3v) is 6.20. The number of aliphatic hydroxyl groups is 8. The van der Waals surface area contributed by atoms with Gasteiger partial charge in [-0.2, -0.15) is 0 Å². The SMILES string of the molecule is CO[C@@H]1O[C@H](CO[C@H]2O[C@H](CO)[C@@H](O)[C@H](O)[C@@H]2F)[C@@H](O)[C@H](O[C@H]2O[C@H](CO)[C@@H](O)[C@H](O)[C@@H]2F)[C@@H]1O. The van der Waals surface area contributed by atoms with Crippen molar-refractivity contribution in [1.82, 2.24) is 0 Å². The van der Waals surface area contributed by atoms with E-state index in [0.717, 1.165) is 7.11 Å². The van der Waals surface area contributed by atoms with E-state index in [1.807, 2.05) is 0 Å². The number of halogens is 2. The molecular formula is C19H32F2O14. The third-order valence-electron chi connectivity index (χ3n) is 6.20. The highest BCUT2D eigenvalue weighted by Gasteiger charge is 2.52. The van der Waals surface area contributed by atoms with E-state index in [0.29, 0.717) is 0 Å². The molecule has 206 valence electrons. The number of ether oxygens (including phenoxy) is 6. The van der Waals surface area contributed by atoms with E-state index >= 15 is 0 Å². The molecule has 0 bridgehead atoms. The Morgan fingerprint density at radius 3 is 1.63 bits per heavy atom. The lowest BCUT2D eigenvalue weighted by Crippen LogP contribution is -2.64. The van der Waals surface area contributed by atoms with Crippen LogP contribution >= 0.6 is 0 Å². The topological polar surface area (TPSA) is 217 Å². The summed E-state index contributed by atoms with van der Waals surface area (Å²) in [6, 6.07) is 0. The third kappa shape index (κ3) is 5.91. The van der Waals surface area contributed by atoms with Crippen molar-refractivity contribution in [2.45, 2.75) is 92.3 Å². The Bertz CT molecular complexity index is 661. The Balaban J connectivity index is 1.69. The molecule has 8 N–H and O–H groups in total. The summed E-state index contributed by atoms with van der Waals surface area (Å²) in [4.78, 5) is 0. The van der Waals surface area contributed by atoms with Crippen LogP contribution in [-0.4, -0.2) is 160 Å². The van der Waals surface area contributed by atoms with Crippen LogP contribution in [0.1, 0.15) is 0 Å². The Labute approximate surface area is 198 Å². The lowest BCUT2D eigenvalue weighted by Gasteiger charge is -2.46. The first-order valence-electron chi connectivity index (χ1n) is 10.9. The molecule has 0 spiro atoms. The Morgan fingerprint density at radius 1 is 0.629 bits per heavy atom. The summed E-state index contributed by atoms with van der Waals surface area (Å²) in [7, 11) is 1.14. The zero-order valence-corrected chi connectivity index (χ0v) is 18.6. The monoisotopic (exact) mass is 522 g/mol. The first kappa shape index (κ1) is 28.9. The lowest BCUT2D eigenvalue weighted by molar-refractivity contribution is -0.357. The van der Waals surface area contributed by atoms with E-state index in [1.165, 1.54) is 0 Å². The zero-order chi connectivity index (χ0) is 26.0. The molecule has 3 rings (SSSR count). The molecule has 0 aromatic rings. The van der Waals surface area contributed by atoms with Crippen molar-refractivity contribution in [3.8, 4) is 0 Å². The summed E-state index contributed by atoms with van der Waals surface area (Å²) in [6.07, 6.45) is -26.4. The minimum Gasteiger partial charge on any atom is -0.394 e. The van der Waals surface area contributed by atoms with Gasteiger partial charge in [0.1, 0.15) is 61.0 Å². The molecule has 0 amide bonds. The molecule has 0 aliphatic carbocycles. The largest absolute Gasteiger partial charge is 0.394 e. The van der Waals surface area contributed by atoms with Crippen LogP contribution in [0.4, 0.5) is 8.78 Å². The van der Waals surface area contributed by atoms with Gasteiger partial charge in [0.05, 0.1) is 19.8 Å². The van der Waals surface area contributed by atoms with Crippen LogP contribution in [0.3, 0.4) is 0 Å². The molecule has 16 heteroatoms. The van der Waals surface area contributed by atoms with Crippen molar-refractivity contribution >= 4 is 0 Å². The summed E-state index contributed by atoms with van der Waals surface area (Å²) in [5.74, 6) is 0. The normalized spacial score (nSPS) is 51.3. The first-order chi connectivity index (χ1) is 16.5. The number of hydrogen-bond acceptors (Lipinski definition) is 14. The zero-order valence-electron chi connectivity index (χ0n) is 18.6. The minimum absolute atomic E-state index is 0.634. The highest BCUT2D eigenvalue weighted by molar-refractivity contribution is 4.95. The van der Waals surface area contributed by atoms with Gasteiger partial charge in [0, 0.05) is 7.11 Å². The van der Waals surface area contributed by atoms with Gasteiger partial charge < -0.3 is 69.3 Å². The molecule has 35 heavy (non-hydrogen) atoms. The number of alkyl halides is 2. The van der Waals surface area contributed by atoms with Gasteiger partial charge in [-0.25, -0.2) is 8.78 Å². The quantitative estimate of drug-likeness (QED) is 0.150. The number of hydrogen-bond donors (Lipinski definition) is 8. The van der Waals surface area contributed by atoms with E-state index in [1.54, 1.807) is 0 Å². The second-order valence-electron chi connectivity index (χ2n) is 8.50. The van der Waals surface area contributed by atoms with E-state index in [2.05, 4.69) is 0 Å². The highest BCUT2D eigenvalue weighted by atomic mass is 19.1. The average Bonchev–Trinajstić information content (AvgIpc) is 2.85. The number of rotatable bonds is 8. The number of methoxy groups -OCH3 is 1. The van der Waals surface area contributed by atoms with Crippen molar-refractivity contribution in [2.75, 3.05) is 26.9 Å². The van der Waals surface area contributed by atoms with Crippen molar-refractivity contribution in [3.63, 3.8) is 0 Å². The van der Waals surface area contributed by atoms with Gasteiger partial charge in [0.15, 0.2) is 31.2 Å². The van der Waals surface area contributed by atoms with Crippen LogP contribution in [0.2, 0.25) is 0 Å². The molecule has 3 aliphatic rings. The van der Waals surface area contributed by atoms with Crippen LogP contribution in [0.25, 0.3) is 0 Å². The fourth-order valence-electron chi connectivity index (χ4n) is 4.07. The second kappa shape index (κ2) is 12.2. The predicted octanol–water partition coefficient (Wildman–Crippen LogP) is -4.96. The average molecular weight is 522 g/mol. The van der Waals surface area contributed by atoms with Crippen molar-refractivity contribution in [2.24, 2.45) is 0 Å². The summed E-state index contributed by atoms with van der Waals surface area (Å²) >= 11 is 0. The van der Waals surface area contributed by atoms with Gasteiger partial charge in [0.25, 0.3) is 0 Å². The van der Waals surface area contributed by atoms with Gasteiger partial charge in [-0.05, 0) is 0 Å². The molecule has 3 fully saturated rings. The van der Waals surface area contributed by atoms with Crippen LogP contribution < -0.4 is 0 Å². The van der Waals surface area contributed by atoms with Crippen molar-refractivity contribution < 1.29 is 78.1 Å². The standard InChI is InChI=1S/C19H32F2O14/c1-30-19-15(29)16(35-18-9(21)14(28)11(25)6(3-23)33-18)12(26)7(34-19)4-31-17-8(20)13(27)10(24)5(2-22)32-17/h5-19,22-29H,2-4H2,1H3/t5-,6-,7-,8+,9+,10-,11-,12-,13-,14-,15+,16+,17+,18-,19-/m1/s1. The summed E-state index contributed by atoms with van der Waals surface area (Å²) in [5, 5.41) is 78.8. The molecular weight excluding hydrogens is 490 g/mol. The maximum Gasteiger partial charge on any atom is 0.192 e. The van der Waals surface area contributed by atoms with Crippen LogP contribution in [-0.2, 0) is 28.4 Å². The van der Waals surface area contributed by atoms with Gasteiger partial charge in [-0.15, -0.1) is 0 Å². The first-order valence-corrected chi connectivity index (χ1v) is 10.9. The Morgan fingerprint density at radius 2 is 1.11 bits per heavy atom. The van der Waals surface area contributed by atoms with Crippen LogP contribution in [0.15, 0.2) is 0 Å². The highest BCUT2D eigenvalue weighted by Crippen LogP contribution is 2.31. The van der Waals surface area contributed by atoms with E-state index in [4.69, 9.17) is 28.4 Å². The Kier molecular flexibility index (Phi) is 10.1. The molecule has 3 heterocycles. The van der Waals surface area contributed by atoms with Crippen LogP contribution in [0, 0.1) is 0 Å². The van der Waals surface area contributed by atoms with Gasteiger partial charge in [0.2, 0.25) is 0 Å². The van der Waals surface area contributed by atoms with Crippen molar-refractivity contribution in [1.29, 1.82) is 0 Å². The molecule has 15 atom stereocenters. The minimum atomic E-state index is -2.32. The second-order valence-corrected chi connectivity index (χ2v) is 8.50. The summed E-state index contributed by atoms with van der Waals surface area (Å²) < 4.78 is 60.1. The summed E-state index contributed by atoms with van der Waals surface area (Å²) in [5.41, 5.74) is 0. The van der Waals surface area contributed by atoms with Crippen LogP contribution in [0.5, 0.6) is 0 Å². The molecule has 3 saturated heterocycles. The molecule has 0 aromatic carbocycles. The molecule has 0 unspecified atom stereocenters. The smallest absolute Gasteiger partial charge is 0.192 e. The van der Waals surface area contributed by atoms with E-state index in [9.17, 15) is 49.6 Å². The van der Waals surface area contributed by atoms with E-state index < -0.39 is 112 Å². The summed E-state index contributed by atoms with van der Waals surface area (Å²) in [6.45, 7) is -2.17. The van der Waals surface area contributed by atoms with Gasteiger partial charge in [-0.3, -0.25) is 0 Å². The fourth-order valence-corrected chi connectivity index (χ4v) is 4.07. The fraction of sp³-hybridized carbons (Fsp3) is 1.00. The van der Waals surface area contributed by atoms with Gasteiger partial charge >= 0.3 is 0 Å². The van der Waals surface area contributed by atoms with Crippen molar-refractivity contribution in [3.05, 3.63) is 0 Å².